The number of carbonyl (C=O) groups is 3. The summed E-state index contributed by atoms with van der Waals surface area (Å²) in [5.41, 5.74) is 9.09. The molecule has 0 bridgehead atoms. The first-order chi connectivity index (χ1) is 23.4. The smallest absolute Gasteiger partial charge is 0.325 e. The lowest BCUT2D eigenvalue weighted by molar-refractivity contribution is -0.145. The number of nitrogens with two attached hydrogens (primary N) is 1. The van der Waals surface area contributed by atoms with E-state index in [0.717, 1.165) is 36.0 Å². The number of fused-ring (bicyclic) bond motifs is 2. The van der Waals surface area contributed by atoms with Gasteiger partial charge < -0.3 is 25.4 Å². The van der Waals surface area contributed by atoms with Gasteiger partial charge in [-0.2, -0.15) is 0 Å². The molecule has 2 heterocycles. The normalized spacial score (nSPS) is 20.8. The largest absolute Gasteiger partial charge is 0.493 e. The summed E-state index contributed by atoms with van der Waals surface area (Å²) in [5, 5.41) is 6.67. The molecule has 0 aromatic heterocycles. The molecular formula is C38H45N5O5. The predicted molar refractivity (Wildman–Crippen MR) is 183 cm³/mol. The van der Waals surface area contributed by atoms with Crippen LogP contribution >= 0.6 is 0 Å². The number of piperidine rings is 1. The Labute approximate surface area is 282 Å². The highest BCUT2D eigenvalue weighted by molar-refractivity contribution is 6.00. The van der Waals surface area contributed by atoms with E-state index in [4.69, 9.17) is 20.2 Å². The van der Waals surface area contributed by atoms with Gasteiger partial charge in [0.2, 0.25) is 17.8 Å². The number of aliphatic imine (C=N–C) groups is 1. The van der Waals surface area contributed by atoms with Crippen molar-refractivity contribution in [1.29, 1.82) is 0 Å². The zero-order valence-corrected chi connectivity index (χ0v) is 27.3. The van der Waals surface area contributed by atoms with Crippen molar-refractivity contribution in [3.8, 4) is 5.75 Å². The van der Waals surface area contributed by atoms with Crippen LogP contribution in [0.15, 0.2) is 83.9 Å². The fourth-order valence-electron chi connectivity index (χ4n) is 7.21. The van der Waals surface area contributed by atoms with Gasteiger partial charge in [0.1, 0.15) is 18.9 Å². The second kappa shape index (κ2) is 15.9. The van der Waals surface area contributed by atoms with E-state index in [0.29, 0.717) is 36.4 Å². The highest BCUT2D eigenvalue weighted by atomic mass is 16.5. The van der Waals surface area contributed by atoms with Crippen LogP contribution in [0, 0.1) is 11.8 Å². The van der Waals surface area contributed by atoms with Crippen LogP contribution in [0.2, 0.25) is 0 Å². The van der Waals surface area contributed by atoms with Crippen molar-refractivity contribution < 1.29 is 23.9 Å². The lowest BCUT2D eigenvalue weighted by Gasteiger charge is -2.42. The third-order valence-corrected chi connectivity index (χ3v) is 9.73. The van der Waals surface area contributed by atoms with Crippen LogP contribution in [0.5, 0.6) is 5.75 Å². The van der Waals surface area contributed by atoms with Gasteiger partial charge >= 0.3 is 5.97 Å². The Morgan fingerprint density at radius 1 is 0.917 bits per heavy atom. The standard InChI is InChI=1S/C38H45N5O5/c39-37(46)29(33-19-18-28-14-7-8-15-31(28)40-33)20-21-47-34-17-9-16-32-30(34)23-43(24-36(45)48-25-27-12-5-2-6-13-27)38(41-32)42-35(44)22-26-10-3-1-4-11-26/h1-6,9-13,16-17,28-29,31,33,40H,7-8,14-15,18-25H2,(H2,39,46)(H,41,42,44). The molecule has 6 rings (SSSR count). The van der Waals surface area contributed by atoms with Crippen LogP contribution in [0.25, 0.3) is 0 Å². The highest BCUT2D eigenvalue weighted by Gasteiger charge is 2.37. The predicted octanol–water partition coefficient (Wildman–Crippen LogP) is 4.77. The molecule has 252 valence electrons. The highest BCUT2D eigenvalue weighted by Crippen LogP contribution is 2.36. The summed E-state index contributed by atoms with van der Waals surface area (Å²) in [6.07, 6.45) is 7.67. The molecular weight excluding hydrogens is 606 g/mol. The minimum Gasteiger partial charge on any atom is -0.493 e. The first-order valence-electron chi connectivity index (χ1n) is 17.1. The van der Waals surface area contributed by atoms with E-state index >= 15 is 0 Å². The van der Waals surface area contributed by atoms with Crippen molar-refractivity contribution in [2.24, 2.45) is 22.6 Å². The number of esters is 1. The maximum absolute atomic E-state index is 13.1. The number of rotatable bonds is 12. The van der Waals surface area contributed by atoms with Gasteiger partial charge in [-0.25, -0.2) is 4.99 Å². The van der Waals surface area contributed by atoms with Crippen molar-refractivity contribution in [3.63, 3.8) is 0 Å². The molecule has 48 heavy (non-hydrogen) atoms. The van der Waals surface area contributed by atoms with Crippen LogP contribution in [0.3, 0.4) is 0 Å². The van der Waals surface area contributed by atoms with Gasteiger partial charge in [0, 0.05) is 17.6 Å². The molecule has 1 saturated carbocycles. The third kappa shape index (κ3) is 8.60. The quantitative estimate of drug-likeness (QED) is 0.240. The molecule has 4 atom stereocenters. The Kier molecular flexibility index (Phi) is 11.0. The van der Waals surface area contributed by atoms with Gasteiger partial charge in [-0.15, -0.1) is 0 Å². The number of benzene rings is 3. The lowest BCUT2D eigenvalue weighted by atomic mass is 9.75. The van der Waals surface area contributed by atoms with Gasteiger partial charge in [0.25, 0.3) is 0 Å². The van der Waals surface area contributed by atoms with Crippen LogP contribution in [-0.4, -0.2) is 53.9 Å². The zero-order chi connectivity index (χ0) is 33.3. The van der Waals surface area contributed by atoms with Crippen molar-refractivity contribution in [2.45, 2.75) is 76.6 Å². The fourth-order valence-corrected chi connectivity index (χ4v) is 7.21. The summed E-state index contributed by atoms with van der Waals surface area (Å²) in [5.74, 6) is 0.259. The zero-order valence-electron chi connectivity index (χ0n) is 27.3. The summed E-state index contributed by atoms with van der Waals surface area (Å²) >= 11 is 0. The molecule has 3 aromatic carbocycles. The van der Waals surface area contributed by atoms with E-state index in [-0.39, 0.29) is 55.9 Å². The van der Waals surface area contributed by atoms with E-state index in [9.17, 15) is 14.4 Å². The third-order valence-electron chi connectivity index (χ3n) is 9.73. The first-order valence-corrected chi connectivity index (χ1v) is 17.1. The average Bonchev–Trinajstić information content (AvgIpc) is 3.10. The molecule has 2 amide bonds. The Morgan fingerprint density at radius 2 is 1.67 bits per heavy atom. The minimum atomic E-state index is -0.449. The number of nitrogens with one attached hydrogen (secondary N) is 2. The fraction of sp³-hybridized carbons (Fsp3) is 0.421. The lowest BCUT2D eigenvalue weighted by Crippen LogP contribution is -2.54. The number of nitrogens with zero attached hydrogens (tertiary/aromatic N) is 2. The molecule has 10 heteroatoms. The van der Waals surface area contributed by atoms with E-state index in [1.165, 1.54) is 19.3 Å². The Balaban J connectivity index is 1.14. The molecule has 1 aliphatic carbocycles. The number of hydrogen-bond acceptors (Lipinski definition) is 8. The van der Waals surface area contributed by atoms with Gasteiger partial charge in [-0.05, 0) is 61.3 Å². The van der Waals surface area contributed by atoms with Crippen molar-refractivity contribution >= 4 is 29.4 Å². The van der Waals surface area contributed by atoms with Crippen molar-refractivity contribution in [2.75, 3.05) is 13.2 Å². The number of hydrogen-bond donors (Lipinski definition) is 3. The number of ether oxygens (including phenoxy) is 2. The minimum absolute atomic E-state index is 0.0548. The molecule has 2 fully saturated rings. The Morgan fingerprint density at radius 3 is 2.44 bits per heavy atom. The molecule has 1 saturated heterocycles. The van der Waals surface area contributed by atoms with Crippen LogP contribution in [-0.2, 0) is 38.7 Å². The number of primary amides is 1. The van der Waals surface area contributed by atoms with Gasteiger partial charge in [0.05, 0.1) is 31.2 Å². The topological polar surface area (TPSA) is 135 Å². The summed E-state index contributed by atoms with van der Waals surface area (Å²) in [6, 6.07) is 25.0. The summed E-state index contributed by atoms with van der Waals surface area (Å²) < 4.78 is 11.9. The molecule has 0 radical (unpaired) electrons. The average molecular weight is 652 g/mol. The van der Waals surface area contributed by atoms with Crippen molar-refractivity contribution in [3.05, 3.63) is 95.6 Å². The van der Waals surface area contributed by atoms with E-state index in [1.807, 2.05) is 78.9 Å². The summed E-state index contributed by atoms with van der Waals surface area (Å²) in [6.45, 7) is 0.594. The summed E-state index contributed by atoms with van der Waals surface area (Å²) in [4.78, 5) is 45.2. The molecule has 3 aromatic rings. The monoisotopic (exact) mass is 651 g/mol. The molecule has 4 unspecified atom stereocenters. The molecule has 0 spiro atoms. The van der Waals surface area contributed by atoms with Gasteiger partial charge in [-0.3, -0.25) is 19.7 Å². The molecule has 3 aliphatic rings. The van der Waals surface area contributed by atoms with Crippen LogP contribution in [0.4, 0.5) is 5.69 Å². The summed E-state index contributed by atoms with van der Waals surface area (Å²) in [7, 11) is 0. The maximum atomic E-state index is 13.1. The van der Waals surface area contributed by atoms with Gasteiger partial charge in [-0.1, -0.05) is 79.6 Å². The van der Waals surface area contributed by atoms with E-state index in [2.05, 4.69) is 10.6 Å². The van der Waals surface area contributed by atoms with E-state index < -0.39 is 5.97 Å². The van der Waals surface area contributed by atoms with Crippen LogP contribution in [0.1, 0.15) is 61.6 Å². The SMILES string of the molecule is NC(=O)C(CCOc1cccc2c1CN(CC(=O)OCc1ccccc1)C(NC(=O)Cc1ccccc1)=N2)C1CCC2CCCCC2N1. The second-order valence-corrected chi connectivity index (χ2v) is 13.0. The number of carbonyl (C=O) groups excluding carboxylic acids is 3. The number of guanidine groups is 1. The first kappa shape index (κ1) is 33.2. The Hall–Kier alpha value is -4.70. The molecule has 4 N–H and O–H groups in total. The maximum Gasteiger partial charge on any atom is 0.325 e. The number of amides is 2. The van der Waals surface area contributed by atoms with Crippen LogP contribution < -0.4 is 21.1 Å². The molecule has 10 nitrogen and oxygen atoms in total. The molecule has 2 aliphatic heterocycles. The van der Waals surface area contributed by atoms with Gasteiger partial charge in [0.15, 0.2) is 0 Å². The van der Waals surface area contributed by atoms with Crippen molar-refractivity contribution in [1.82, 2.24) is 15.5 Å². The van der Waals surface area contributed by atoms with E-state index in [1.54, 1.807) is 4.90 Å². The Bertz CT molecular complexity index is 1600. The second-order valence-electron chi connectivity index (χ2n) is 13.0.